The van der Waals surface area contributed by atoms with Crippen LogP contribution < -0.4 is 21.3 Å². The quantitative estimate of drug-likeness (QED) is 0.363. The molecular weight excluding hydrogens is 491 g/mol. The third-order valence-electron chi connectivity index (χ3n) is 7.04. The molecule has 0 aromatic carbocycles. The maximum Gasteiger partial charge on any atom is 0.471 e. The fourth-order valence-corrected chi connectivity index (χ4v) is 4.35. The molecule has 0 bridgehead atoms. The molecule has 4 N–H and O–H groups in total. The molecule has 1 saturated heterocycles. The molecule has 4 unspecified atom stereocenters. The lowest BCUT2D eigenvalue weighted by Gasteiger charge is -2.36. The summed E-state index contributed by atoms with van der Waals surface area (Å²) in [7, 11) is 0. The summed E-state index contributed by atoms with van der Waals surface area (Å²) < 4.78 is 38.6. The van der Waals surface area contributed by atoms with Gasteiger partial charge in [0.05, 0.1) is 6.07 Å². The van der Waals surface area contributed by atoms with E-state index >= 15 is 0 Å². The van der Waals surface area contributed by atoms with E-state index in [1.807, 2.05) is 26.8 Å². The molecule has 1 aliphatic heterocycles. The van der Waals surface area contributed by atoms with Crippen LogP contribution in [0.25, 0.3) is 0 Å². The van der Waals surface area contributed by atoms with Gasteiger partial charge in [-0.15, -0.1) is 0 Å². The Kier molecular flexibility index (Phi) is 8.93. The fraction of sp³-hybridized carbons (Fsp3) is 0.800. The number of hydrogen-bond donors (Lipinski definition) is 4. The van der Waals surface area contributed by atoms with Gasteiger partial charge in [-0.05, 0) is 63.2 Å². The van der Waals surface area contributed by atoms with Crippen molar-refractivity contribution in [3.8, 4) is 6.07 Å². The van der Waals surface area contributed by atoms with Crippen molar-refractivity contribution in [1.82, 2.24) is 21.3 Å². The van der Waals surface area contributed by atoms with Crippen molar-refractivity contribution in [3.63, 3.8) is 0 Å². The summed E-state index contributed by atoms with van der Waals surface area (Å²) in [6, 6.07) is -1.71. The van der Waals surface area contributed by atoms with E-state index < -0.39 is 53.4 Å². The molecule has 1 saturated carbocycles. The van der Waals surface area contributed by atoms with Crippen molar-refractivity contribution >= 4 is 23.6 Å². The number of halogens is 3. The predicted molar refractivity (Wildman–Crippen MR) is 128 cm³/mol. The Morgan fingerprint density at radius 2 is 1.65 bits per heavy atom. The summed E-state index contributed by atoms with van der Waals surface area (Å²) in [5.41, 5.74) is -1.68. The molecule has 4 amide bonds. The van der Waals surface area contributed by atoms with Crippen LogP contribution in [0.5, 0.6) is 0 Å². The van der Waals surface area contributed by atoms with Gasteiger partial charge < -0.3 is 21.3 Å². The van der Waals surface area contributed by atoms with Gasteiger partial charge in [-0.25, -0.2) is 0 Å². The molecule has 4 atom stereocenters. The lowest BCUT2D eigenvalue weighted by molar-refractivity contribution is -0.175. The zero-order valence-electron chi connectivity index (χ0n) is 22.3. The van der Waals surface area contributed by atoms with Gasteiger partial charge in [-0.2, -0.15) is 18.4 Å². The number of nitrogens with one attached hydrogen (secondary N) is 4. The number of nitriles is 1. The Balaban J connectivity index is 2.14. The van der Waals surface area contributed by atoms with Crippen LogP contribution in [0.15, 0.2) is 0 Å². The smallest absolute Gasteiger partial charge is 0.351 e. The highest BCUT2D eigenvalue weighted by Gasteiger charge is 2.46. The van der Waals surface area contributed by atoms with Crippen LogP contribution in [-0.4, -0.2) is 53.5 Å². The Morgan fingerprint density at radius 1 is 1.05 bits per heavy atom. The van der Waals surface area contributed by atoms with Crippen molar-refractivity contribution in [2.75, 3.05) is 0 Å². The van der Waals surface area contributed by atoms with Crippen LogP contribution in [0.2, 0.25) is 0 Å². The van der Waals surface area contributed by atoms with Crippen molar-refractivity contribution < 1.29 is 32.3 Å². The monoisotopic (exact) mass is 529 g/mol. The molecule has 37 heavy (non-hydrogen) atoms. The van der Waals surface area contributed by atoms with Gasteiger partial charge in [0, 0.05) is 11.5 Å². The molecule has 1 aliphatic carbocycles. The second-order valence-corrected chi connectivity index (χ2v) is 12.4. The highest BCUT2D eigenvalue weighted by atomic mass is 19.4. The van der Waals surface area contributed by atoms with Gasteiger partial charge in [-0.1, -0.05) is 27.7 Å². The maximum absolute atomic E-state index is 13.2. The first-order valence-corrected chi connectivity index (χ1v) is 12.5. The van der Waals surface area contributed by atoms with Gasteiger partial charge in [0.1, 0.15) is 18.1 Å². The van der Waals surface area contributed by atoms with E-state index in [-0.39, 0.29) is 29.7 Å². The molecule has 2 rings (SSSR count). The van der Waals surface area contributed by atoms with E-state index in [4.69, 9.17) is 0 Å². The van der Waals surface area contributed by atoms with Crippen LogP contribution in [0, 0.1) is 28.1 Å². The molecule has 0 spiro atoms. The summed E-state index contributed by atoms with van der Waals surface area (Å²) in [4.78, 5) is 50.3. The molecule has 208 valence electrons. The van der Waals surface area contributed by atoms with Crippen molar-refractivity contribution in [1.29, 1.82) is 5.26 Å². The standard InChI is InChI=1S/C25H38F3N5O4/c1-22(2,3)17(32-21(37)25(26,27)28)20(36)31-16(12-24(6)9-10-24)19(35)30-15(13-29)11-14-7-8-23(4,5)33-18(14)34/h14-17H,7-12H2,1-6H3,(H,30,35)(H,31,36)(H,32,37)(H,33,34). The minimum Gasteiger partial charge on any atom is -0.351 e. The largest absolute Gasteiger partial charge is 0.471 e. The number of carbonyl (C=O) groups excluding carboxylic acids is 4. The molecule has 2 fully saturated rings. The maximum atomic E-state index is 13.2. The number of nitrogens with zero attached hydrogens (tertiary/aromatic N) is 1. The normalized spacial score (nSPS) is 22.9. The average Bonchev–Trinajstić information content (AvgIpc) is 3.47. The lowest BCUT2D eigenvalue weighted by atomic mass is 9.83. The van der Waals surface area contributed by atoms with Crippen LogP contribution in [-0.2, 0) is 19.2 Å². The Labute approximate surface area is 215 Å². The topological polar surface area (TPSA) is 140 Å². The second kappa shape index (κ2) is 10.9. The van der Waals surface area contributed by atoms with Gasteiger partial charge in [0.15, 0.2) is 0 Å². The number of alkyl halides is 3. The van der Waals surface area contributed by atoms with Gasteiger partial charge >= 0.3 is 12.1 Å². The summed E-state index contributed by atoms with van der Waals surface area (Å²) >= 11 is 0. The Morgan fingerprint density at radius 3 is 2.11 bits per heavy atom. The third-order valence-corrected chi connectivity index (χ3v) is 7.04. The van der Waals surface area contributed by atoms with Crippen LogP contribution in [0.4, 0.5) is 13.2 Å². The predicted octanol–water partition coefficient (Wildman–Crippen LogP) is 2.46. The van der Waals surface area contributed by atoms with E-state index in [1.54, 1.807) is 5.32 Å². The fourth-order valence-electron chi connectivity index (χ4n) is 4.35. The minimum absolute atomic E-state index is 0.0916. The molecular formula is C25H38F3N5O4. The van der Waals surface area contributed by atoms with Gasteiger partial charge in [0.2, 0.25) is 17.7 Å². The second-order valence-electron chi connectivity index (χ2n) is 12.4. The Hall–Kier alpha value is -2.84. The number of rotatable bonds is 9. The molecule has 0 radical (unpaired) electrons. The summed E-state index contributed by atoms with van der Waals surface area (Å²) in [6.45, 7) is 10.2. The minimum atomic E-state index is -5.18. The van der Waals surface area contributed by atoms with E-state index in [0.29, 0.717) is 12.8 Å². The first-order chi connectivity index (χ1) is 16.8. The highest BCUT2D eigenvalue weighted by Crippen LogP contribution is 2.49. The summed E-state index contributed by atoms with van der Waals surface area (Å²) in [5.74, 6) is -4.52. The van der Waals surface area contributed by atoms with Gasteiger partial charge in [-0.3, -0.25) is 19.2 Å². The van der Waals surface area contributed by atoms with E-state index in [2.05, 4.69) is 16.0 Å². The molecule has 0 aromatic rings. The highest BCUT2D eigenvalue weighted by molar-refractivity contribution is 5.93. The van der Waals surface area contributed by atoms with E-state index in [0.717, 1.165) is 12.8 Å². The number of carbonyl (C=O) groups is 4. The SMILES string of the molecule is CC1(CC(NC(=O)C(NC(=O)C(F)(F)F)C(C)(C)C)C(=O)NC(C#N)CC2CCC(C)(C)NC2=O)CC1. The Bertz CT molecular complexity index is 947. The summed E-state index contributed by atoms with van der Waals surface area (Å²) in [6.07, 6.45) is -2.00. The first kappa shape index (κ1) is 30.4. The number of hydrogen-bond acceptors (Lipinski definition) is 5. The van der Waals surface area contributed by atoms with Gasteiger partial charge in [0.25, 0.3) is 0 Å². The summed E-state index contributed by atoms with van der Waals surface area (Å²) in [5, 5.41) is 19.4. The molecule has 0 aromatic heterocycles. The van der Waals surface area contributed by atoms with Crippen LogP contribution in [0.1, 0.15) is 80.1 Å². The number of piperidine rings is 1. The van der Waals surface area contributed by atoms with Crippen LogP contribution in [0.3, 0.4) is 0 Å². The van der Waals surface area contributed by atoms with Crippen LogP contribution >= 0.6 is 0 Å². The zero-order valence-corrected chi connectivity index (χ0v) is 22.3. The zero-order chi connectivity index (χ0) is 28.4. The third kappa shape index (κ3) is 8.90. The lowest BCUT2D eigenvalue weighted by Crippen LogP contribution is -2.60. The molecule has 1 heterocycles. The van der Waals surface area contributed by atoms with Crippen molar-refractivity contribution in [2.24, 2.45) is 16.7 Å². The van der Waals surface area contributed by atoms with Crippen molar-refractivity contribution in [2.45, 2.75) is 110 Å². The molecule has 2 aliphatic rings. The first-order valence-electron chi connectivity index (χ1n) is 12.5. The molecule has 12 heteroatoms. The van der Waals surface area contributed by atoms with E-state index in [1.165, 1.54) is 20.8 Å². The van der Waals surface area contributed by atoms with E-state index in [9.17, 15) is 37.6 Å². The molecule has 9 nitrogen and oxygen atoms in total. The van der Waals surface area contributed by atoms with Crippen molar-refractivity contribution in [3.05, 3.63) is 0 Å². The number of amides is 4. The average molecular weight is 530 g/mol.